The van der Waals surface area contributed by atoms with Crippen LogP contribution in [0, 0.1) is 11.3 Å². The third kappa shape index (κ3) is 5.77. The smallest absolute Gasteiger partial charge is 0.220 e. The maximum Gasteiger partial charge on any atom is 0.220 e. The molecule has 0 atom stereocenters. The summed E-state index contributed by atoms with van der Waals surface area (Å²) in [7, 11) is 0. The number of nitriles is 1. The number of aryl methyl sites for hydroxylation is 1. The highest BCUT2D eigenvalue weighted by Gasteiger charge is 2.04. The topological polar surface area (TPSA) is 62.1 Å². The predicted octanol–water partition coefficient (Wildman–Crippen LogP) is 3.59. The number of amides is 1. The van der Waals surface area contributed by atoms with Gasteiger partial charge in [0.2, 0.25) is 5.91 Å². The standard InChI is InChI=1S/C20H22N2O2/c1-15(2)24-19-10-7-18(8-11-19)14-22-20(23)12-9-16-3-5-17(13-21)6-4-16/h3-8,10-11,15H,9,12,14H2,1-2H3,(H,22,23). The van der Waals surface area contributed by atoms with Crippen LogP contribution in [0.1, 0.15) is 37.0 Å². The summed E-state index contributed by atoms with van der Waals surface area (Å²) >= 11 is 0. The van der Waals surface area contributed by atoms with E-state index in [2.05, 4.69) is 11.4 Å². The Balaban J connectivity index is 1.75. The van der Waals surface area contributed by atoms with Crippen molar-refractivity contribution in [2.75, 3.05) is 0 Å². The van der Waals surface area contributed by atoms with Crippen LogP contribution in [0.2, 0.25) is 0 Å². The van der Waals surface area contributed by atoms with Crippen molar-refractivity contribution >= 4 is 5.91 Å². The van der Waals surface area contributed by atoms with Crippen molar-refractivity contribution in [1.29, 1.82) is 5.26 Å². The zero-order valence-electron chi connectivity index (χ0n) is 14.1. The van der Waals surface area contributed by atoms with Crippen LogP contribution in [0.4, 0.5) is 0 Å². The van der Waals surface area contributed by atoms with Crippen LogP contribution in [0.5, 0.6) is 5.75 Å². The first-order chi connectivity index (χ1) is 11.6. The molecule has 1 amide bonds. The van der Waals surface area contributed by atoms with Crippen LogP contribution in [-0.4, -0.2) is 12.0 Å². The predicted molar refractivity (Wildman–Crippen MR) is 93.5 cm³/mol. The Morgan fingerprint density at radius 1 is 1.08 bits per heavy atom. The van der Waals surface area contributed by atoms with Gasteiger partial charge in [0, 0.05) is 13.0 Å². The van der Waals surface area contributed by atoms with Crippen LogP contribution in [0.25, 0.3) is 0 Å². The first kappa shape index (κ1) is 17.6. The van der Waals surface area contributed by atoms with Crippen LogP contribution in [-0.2, 0) is 17.8 Å². The molecule has 0 aliphatic heterocycles. The first-order valence-electron chi connectivity index (χ1n) is 8.08. The van der Waals surface area contributed by atoms with Crippen molar-refractivity contribution in [3.63, 3.8) is 0 Å². The van der Waals surface area contributed by atoms with Gasteiger partial charge in [-0.3, -0.25) is 4.79 Å². The molecule has 0 bridgehead atoms. The van der Waals surface area contributed by atoms with E-state index < -0.39 is 0 Å². The van der Waals surface area contributed by atoms with E-state index >= 15 is 0 Å². The molecule has 0 unspecified atom stereocenters. The third-order valence-electron chi connectivity index (χ3n) is 3.51. The fourth-order valence-corrected chi connectivity index (χ4v) is 2.25. The van der Waals surface area contributed by atoms with Gasteiger partial charge < -0.3 is 10.1 Å². The number of carbonyl (C=O) groups is 1. The third-order valence-corrected chi connectivity index (χ3v) is 3.51. The largest absolute Gasteiger partial charge is 0.491 e. The molecule has 2 aromatic carbocycles. The molecule has 2 aromatic rings. The van der Waals surface area contributed by atoms with E-state index in [9.17, 15) is 4.79 Å². The Hall–Kier alpha value is -2.80. The van der Waals surface area contributed by atoms with Gasteiger partial charge in [0.15, 0.2) is 0 Å². The lowest BCUT2D eigenvalue weighted by atomic mass is 10.1. The maximum absolute atomic E-state index is 11.9. The molecule has 0 aromatic heterocycles. The summed E-state index contributed by atoms with van der Waals surface area (Å²) in [5, 5.41) is 11.7. The number of nitrogens with one attached hydrogen (secondary N) is 1. The fourth-order valence-electron chi connectivity index (χ4n) is 2.25. The van der Waals surface area contributed by atoms with E-state index in [0.29, 0.717) is 24.9 Å². The lowest BCUT2D eigenvalue weighted by molar-refractivity contribution is -0.121. The highest BCUT2D eigenvalue weighted by Crippen LogP contribution is 2.13. The molecule has 0 radical (unpaired) electrons. The van der Waals surface area contributed by atoms with Crippen molar-refractivity contribution in [2.24, 2.45) is 0 Å². The second-order valence-electron chi connectivity index (χ2n) is 5.90. The summed E-state index contributed by atoms with van der Waals surface area (Å²) in [6.45, 7) is 4.48. The molecule has 0 aliphatic carbocycles. The molecule has 24 heavy (non-hydrogen) atoms. The second-order valence-corrected chi connectivity index (χ2v) is 5.90. The number of hydrogen-bond acceptors (Lipinski definition) is 3. The molecule has 0 saturated carbocycles. The molecule has 2 rings (SSSR count). The van der Waals surface area contributed by atoms with Crippen LogP contribution < -0.4 is 10.1 Å². The quantitative estimate of drug-likeness (QED) is 0.847. The molecule has 4 nitrogen and oxygen atoms in total. The van der Waals surface area contributed by atoms with E-state index in [1.807, 2.05) is 50.2 Å². The second kappa shape index (κ2) is 8.73. The van der Waals surface area contributed by atoms with Crippen molar-refractivity contribution in [2.45, 2.75) is 39.3 Å². The lowest BCUT2D eigenvalue weighted by Gasteiger charge is -2.10. The number of carbonyl (C=O) groups excluding carboxylic acids is 1. The van der Waals surface area contributed by atoms with E-state index in [4.69, 9.17) is 10.00 Å². The van der Waals surface area contributed by atoms with Crippen LogP contribution >= 0.6 is 0 Å². The summed E-state index contributed by atoms with van der Waals surface area (Å²) in [4.78, 5) is 11.9. The highest BCUT2D eigenvalue weighted by molar-refractivity contribution is 5.76. The normalized spacial score (nSPS) is 10.2. The Labute approximate surface area is 143 Å². The molecule has 0 aliphatic rings. The Kier molecular flexibility index (Phi) is 6.39. The summed E-state index contributed by atoms with van der Waals surface area (Å²) in [6, 6.07) is 17.1. The van der Waals surface area contributed by atoms with Gasteiger partial charge in [-0.25, -0.2) is 0 Å². The fraction of sp³-hybridized carbons (Fsp3) is 0.300. The lowest BCUT2D eigenvalue weighted by Crippen LogP contribution is -2.22. The van der Waals surface area contributed by atoms with Crippen molar-refractivity contribution in [3.05, 3.63) is 65.2 Å². The van der Waals surface area contributed by atoms with E-state index in [1.54, 1.807) is 12.1 Å². The maximum atomic E-state index is 11.9. The molecule has 124 valence electrons. The van der Waals surface area contributed by atoms with Gasteiger partial charge in [-0.15, -0.1) is 0 Å². The minimum absolute atomic E-state index is 0.0156. The Bertz CT molecular complexity index is 698. The Morgan fingerprint density at radius 2 is 1.71 bits per heavy atom. The molecule has 1 N–H and O–H groups in total. The molecule has 0 saturated heterocycles. The average molecular weight is 322 g/mol. The van der Waals surface area contributed by atoms with Crippen molar-refractivity contribution in [3.8, 4) is 11.8 Å². The van der Waals surface area contributed by atoms with E-state index in [1.165, 1.54) is 0 Å². The van der Waals surface area contributed by atoms with E-state index in [0.717, 1.165) is 16.9 Å². The summed E-state index contributed by atoms with van der Waals surface area (Å²) in [5.74, 6) is 0.850. The number of benzene rings is 2. The van der Waals surface area contributed by atoms with Gasteiger partial charge in [0.25, 0.3) is 0 Å². The monoisotopic (exact) mass is 322 g/mol. The van der Waals surface area contributed by atoms with Gasteiger partial charge in [-0.05, 0) is 55.7 Å². The zero-order chi connectivity index (χ0) is 17.4. The molecular weight excluding hydrogens is 300 g/mol. The summed E-state index contributed by atoms with van der Waals surface area (Å²) < 4.78 is 5.59. The van der Waals surface area contributed by atoms with E-state index in [-0.39, 0.29) is 12.0 Å². The van der Waals surface area contributed by atoms with Gasteiger partial charge in [0.05, 0.1) is 17.7 Å². The zero-order valence-corrected chi connectivity index (χ0v) is 14.1. The van der Waals surface area contributed by atoms with Crippen LogP contribution in [0.3, 0.4) is 0 Å². The van der Waals surface area contributed by atoms with Gasteiger partial charge in [-0.1, -0.05) is 24.3 Å². The average Bonchev–Trinajstić information content (AvgIpc) is 2.59. The number of rotatable bonds is 7. The Morgan fingerprint density at radius 3 is 2.29 bits per heavy atom. The minimum Gasteiger partial charge on any atom is -0.491 e. The summed E-state index contributed by atoms with van der Waals surface area (Å²) in [5.41, 5.74) is 2.73. The molecule has 0 fully saturated rings. The number of ether oxygens (including phenoxy) is 1. The van der Waals surface area contributed by atoms with Crippen LogP contribution in [0.15, 0.2) is 48.5 Å². The SMILES string of the molecule is CC(C)Oc1ccc(CNC(=O)CCc2ccc(C#N)cc2)cc1. The molecule has 4 heteroatoms. The van der Waals surface area contributed by atoms with Gasteiger partial charge in [-0.2, -0.15) is 5.26 Å². The van der Waals surface area contributed by atoms with Crippen molar-refractivity contribution < 1.29 is 9.53 Å². The van der Waals surface area contributed by atoms with Crippen molar-refractivity contribution in [1.82, 2.24) is 5.32 Å². The van der Waals surface area contributed by atoms with Gasteiger partial charge >= 0.3 is 0 Å². The number of nitrogens with zero attached hydrogens (tertiary/aromatic N) is 1. The minimum atomic E-state index is 0.0156. The molecule has 0 heterocycles. The highest BCUT2D eigenvalue weighted by atomic mass is 16.5. The number of hydrogen-bond donors (Lipinski definition) is 1. The van der Waals surface area contributed by atoms with Gasteiger partial charge in [0.1, 0.15) is 5.75 Å². The first-order valence-corrected chi connectivity index (χ1v) is 8.08. The molecule has 0 spiro atoms. The molecular formula is C20H22N2O2. The summed E-state index contributed by atoms with van der Waals surface area (Å²) in [6.07, 6.45) is 1.25.